The molecule has 84 valence electrons. The minimum atomic E-state index is -0.296. The fourth-order valence-corrected chi connectivity index (χ4v) is 2.65. The maximum atomic E-state index is 8.76. The molecule has 3 rings (SSSR count). The molecule has 1 saturated carbocycles. The van der Waals surface area contributed by atoms with Crippen LogP contribution in [0.2, 0.25) is 0 Å². The van der Waals surface area contributed by atoms with Gasteiger partial charge in [0.2, 0.25) is 0 Å². The van der Waals surface area contributed by atoms with Crippen LogP contribution in [-0.2, 0) is 5.54 Å². The van der Waals surface area contributed by atoms with Gasteiger partial charge in [0.25, 0.3) is 0 Å². The summed E-state index contributed by atoms with van der Waals surface area (Å²) in [5.41, 5.74) is 9.64. The molecule has 0 heterocycles. The predicted molar refractivity (Wildman–Crippen MR) is 68.6 cm³/mol. The van der Waals surface area contributed by atoms with E-state index in [1.807, 2.05) is 18.2 Å². The summed E-state index contributed by atoms with van der Waals surface area (Å²) >= 11 is 0. The van der Waals surface area contributed by atoms with E-state index in [9.17, 15) is 0 Å². The molecule has 17 heavy (non-hydrogen) atoms. The summed E-state index contributed by atoms with van der Waals surface area (Å²) in [4.78, 5) is 3.04. The molecule has 3 heteroatoms. The van der Waals surface area contributed by atoms with Gasteiger partial charge in [0.05, 0.1) is 5.54 Å². The molecule has 0 bridgehead atoms. The fourth-order valence-electron chi connectivity index (χ4n) is 2.65. The molecule has 0 saturated heterocycles. The number of fused-ring (bicyclic) bond motifs is 1. The monoisotopic (exact) mass is 223 g/mol. The number of nitrogens with zero attached hydrogens (tertiary/aromatic N) is 3. The van der Waals surface area contributed by atoms with Crippen LogP contribution in [0, 0.1) is 0 Å². The van der Waals surface area contributed by atoms with Crippen LogP contribution >= 0.6 is 0 Å². The van der Waals surface area contributed by atoms with Crippen molar-refractivity contribution in [1.82, 2.24) is 0 Å². The molecular formula is C14H13N3. The Balaban J connectivity index is 2.26. The molecular weight excluding hydrogens is 210 g/mol. The van der Waals surface area contributed by atoms with E-state index in [0.29, 0.717) is 0 Å². The lowest BCUT2D eigenvalue weighted by Crippen LogP contribution is -2.31. The zero-order valence-corrected chi connectivity index (χ0v) is 9.50. The average molecular weight is 223 g/mol. The van der Waals surface area contributed by atoms with Crippen molar-refractivity contribution in [1.29, 1.82) is 0 Å². The fraction of sp³-hybridized carbons (Fsp3) is 0.286. The second-order valence-corrected chi connectivity index (χ2v) is 4.60. The van der Waals surface area contributed by atoms with Gasteiger partial charge in [-0.25, -0.2) is 0 Å². The highest BCUT2D eigenvalue weighted by molar-refractivity contribution is 5.86. The van der Waals surface area contributed by atoms with Gasteiger partial charge in [0, 0.05) is 4.91 Å². The van der Waals surface area contributed by atoms with E-state index in [2.05, 4.69) is 34.3 Å². The Morgan fingerprint density at radius 1 is 1.06 bits per heavy atom. The number of hydrogen-bond donors (Lipinski definition) is 0. The molecule has 2 aromatic carbocycles. The topological polar surface area (TPSA) is 48.8 Å². The van der Waals surface area contributed by atoms with Crippen LogP contribution in [0.15, 0.2) is 47.6 Å². The average Bonchev–Trinajstić information content (AvgIpc) is 2.33. The number of rotatable bonds is 2. The summed E-state index contributed by atoms with van der Waals surface area (Å²) in [5, 5.41) is 6.49. The maximum absolute atomic E-state index is 8.76. The van der Waals surface area contributed by atoms with E-state index in [-0.39, 0.29) is 5.54 Å². The third-order valence-electron chi connectivity index (χ3n) is 3.71. The Hall–Kier alpha value is -1.99. The van der Waals surface area contributed by atoms with Crippen molar-refractivity contribution in [3.8, 4) is 0 Å². The zero-order chi connectivity index (χ0) is 11.7. The second-order valence-electron chi connectivity index (χ2n) is 4.60. The molecule has 0 spiro atoms. The van der Waals surface area contributed by atoms with Crippen LogP contribution in [0.25, 0.3) is 21.2 Å². The number of azide groups is 1. The third-order valence-corrected chi connectivity index (χ3v) is 3.71. The lowest BCUT2D eigenvalue weighted by atomic mass is 9.71. The molecule has 1 fully saturated rings. The summed E-state index contributed by atoms with van der Waals surface area (Å²) in [6.45, 7) is 0. The Kier molecular flexibility index (Phi) is 2.27. The molecule has 0 atom stereocenters. The molecule has 2 aromatic rings. The minimum Gasteiger partial charge on any atom is -0.0825 e. The molecule has 0 unspecified atom stereocenters. The van der Waals surface area contributed by atoms with Gasteiger partial charge in [-0.3, -0.25) is 0 Å². The second kappa shape index (κ2) is 3.79. The van der Waals surface area contributed by atoms with Crippen molar-refractivity contribution in [3.05, 3.63) is 58.5 Å². The zero-order valence-electron chi connectivity index (χ0n) is 9.50. The summed E-state index contributed by atoms with van der Waals surface area (Å²) in [5.74, 6) is 0. The van der Waals surface area contributed by atoms with Gasteiger partial charge in [-0.05, 0) is 34.7 Å². The Morgan fingerprint density at radius 3 is 2.53 bits per heavy atom. The molecule has 0 aromatic heterocycles. The van der Waals surface area contributed by atoms with Crippen LogP contribution in [0.1, 0.15) is 24.8 Å². The molecule has 0 aliphatic heterocycles. The first kappa shape index (κ1) is 10.2. The lowest BCUT2D eigenvalue weighted by Gasteiger charge is -2.38. The van der Waals surface area contributed by atoms with E-state index < -0.39 is 0 Å². The lowest BCUT2D eigenvalue weighted by molar-refractivity contribution is 0.255. The predicted octanol–water partition coefficient (Wildman–Crippen LogP) is 4.53. The standard InChI is InChI=1S/C14H13N3/c15-17-16-14(9-4-10-14)13-8-3-6-11-5-1-2-7-12(11)13/h1-3,5-8H,4,9-10H2. The van der Waals surface area contributed by atoms with Crippen molar-refractivity contribution < 1.29 is 0 Å². The van der Waals surface area contributed by atoms with Crippen molar-refractivity contribution in [2.75, 3.05) is 0 Å². The van der Waals surface area contributed by atoms with Gasteiger partial charge >= 0.3 is 0 Å². The molecule has 0 N–H and O–H groups in total. The third kappa shape index (κ3) is 1.48. The molecule has 1 aliphatic rings. The highest BCUT2D eigenvalue weighted by Gasteiger charge is 2.38. The molecule has 1 aliphatic carbocycles. The highest BCUT2D eigenvalue weighted by atomic mass is 15.2. The largest absolute Gasteiger partial charge is 0.0825 e. The molecule has 0 radical (unpaired) electrons. The van der Waals surface area contributed by atoms with E-state index in [0.717, 1.165) is 19.3 Å². The van der Waals surface area contributed by atoms with E-state index >= 15 is 0 Å². The summed E-state index contributed by atoms with van der Waals surface area (Å²) in [6, 6.07) is 14.5. The van der Waals surface area contributed by atoms with Gasteiger partial charge in [-0.15, -0.1) is 0 Å². The first-order valence-electron chi connectivity index (χ1n) is 5.90. The summed E-state index contributed by atoms with van der Waals surface area (Å²) < 4.78 is 0. The van der Waals surface area contributed by atoms with Crippen LogP contribution < -0.4 is 0 Å². The quantitative estimate of drug-likeness (QED) is 0.408. The molecule has 3 nitrogen and oxygen atoms in total. The van der Waals surface area contributed by atoms with Crippen molar-refractivity contribution in [2.24, 2.45) is 5.11 Å². The maximum Gasteiger partial charge on any atom is 0.0744 e. The van der Waals surface area contributed by atoms with Gasteiger partial charge in [-0.1, -0.05) is 54.0 Å². The van der Waals surface area contributed by atoms with Gasteiger partial charge < -0.3 is 0 Å². The van der Waals surface area contributed by atoms with Gasteiger partial charge in [0.15, 0.2) is 0 Å². The Morgan fingerprint density at radius 2 is 1.82 bits per heavy atom. The smallest absolute Gasteiger partial charge is 0.0744 e. The Bertz CT molecular complexity index is 602. The van der Waals surface area contributed by atoms with Crippen molar-refractivity contribution in [3.63, 3.8) is 0 Å². The van der Waals surface area contributed by atoms with Crippen LogP contribution in [0.5, 0.6) is 0 Å². The van der Waals surface area contributed by atoms with E-state index in [4.69, 9.17) is 5.53 Å². The first-order chi connectivity index (χ1) is 8.36. The molecule has 0 amide bonds. The van der Waals surface area contributed by atoms with E-state index in [1.54, 1.807) is 0 Å². The minimum absolute atomic E-state index is 0.296. The summed E-state index contributed by atoms with van der Waals surface area (Å²) in [6.07, 6.45) is 3.07. The van der Waals surface area contributed by atoms with Crippen LogP contribution in [0.3, 0.4) is 0 Å². The van der Waals surface area contributed by atoms with Crippen LogP contribution in [-0.4, -0.2) is 0 Å². The number of hydrogen-bond acceptors (Lipinski definition) is 1. The van der Waals surface area contributed by atoms with Gasteiger partial charge in [-0.2, -0.15) is 0 Å². The van der Waals surface area contributed by atoms with Gasteiger partial charge in [0.1, 0.15) is 0 Å². The normalized spacial score (nSPS) is 17.2. The SMILES string of the molecule is [N-]=[N+]=NC1(c2cccc3ccccc23)CCC1. The van der Waals surface area contributed by atoms with Crippen LogP contribution in [0.4, 0.5) is 0 Å². The van der Waals surface area contributed by atoms with E-state index in [1.165, 1.54) is 16.3 Å². The van der Waals surface area contributed by atoms with Crippen molar-refractivity contribution in [2.45, 2.75) is 24.8 Å². The Labute approximate surface area is 99.7 Å². The van der Waals surface area contributed by atoms with Crippen molar-refractivity contribution >= 4 is 10.8 Å². The number of benzene rings is 2. The summed E-state index contributed by atoms with van der Waals surface area (Å²) in [7, 11) is 0. The highest BCUT2D eigenvalue weighted by Crippen LogP contribution is 2.47. The first-order valence-corrected chi connectivity index (χ1v) is 5.90.